The summed E-state index contributed by atoms with van der Waals surface area (Å²) in [4.78, 5) is 40.1. The smallest absolute Gasteiger partial charge is 0.342 e. The highest BCUT2D eigenvalue weighted by Crippen LogP contribution is 2.33. The van der Waals surface area contributed by atoms with Crippen molar-refractivity contribution in [2.24, 2.45) is 0 Å². The van der Waals surface area contributed by atoms with Gasteiger partial charge in [0, 0.05) is 0 Å². The Labute approximate surface area is 173 Å². The maximum Gasteiger partial charge on any atom is 0.342 e. The van der Waals surface area contributed by atoms with Crippen LogP contribution in [-0.4, -0.2) is 43.0 Å². The van der Waals surface area contributed by atoms with Gasteiger partial charge in [0.15, 0.2) is 17.6 Å². The van der Waals surface area contributed by atoms with Gasteiger partial charge >= 0.3 is 5.97 Å². The number of nitrogens with one attached hydrogen (secondary N) is 2. The quantitative estimate of drug-likeness (QED) is 0.529. The number of ether oxygens (including phenoxy) is 1. The number of hydrogen-bond donors (Lipinski definition) is 3. The summed E-state index contributed by atoms with van der Waals surface area (Å²) in [6, 6.07) is 3.50. The highest BCUT2D eigenvalue weighted by atomic mass is 16.5. The van der Waals surface area contributed by atoms with Crippen molar-refractivity contribution in [1.82, 2.24) is 19.9 Å². The molecule has 1 unspecified atom stereocenters. The number of carbonyl (C=O) groups excluding carboxylic acids is 2. The van der Waals surface area contributed by atoms with Crippen LogP contribution in [0, 0.1) is 0 Å². The molecule has 9 nitrogen and oxygen atoms in total. The van der Waals surface area contributed by atoms with Crippen molar-refractivity contribution >= 4 is 28.9 Å². The van der Waals surface area contributed by atoms with E-state index in [1.165, 1.54) is 19.6 Å². The molecule has 3 aromatic rings. The van der Waals surface area contributed by atoms with E-state index in [2.05, 4.69) is 25.3 Å². The molecular weight excluding hydrogens is 386 g/mol. The van der Waals surface area contributed by atoms with Crippen LogP contribution in [0.1, 0.15) is 67.9 Å². The number of aromatic nitrogens is 4. The number of aromatic amines is 1. The molecule has 0 aliphatic heterocycles. The Kier molecular flexibility index (Phi) is 6.00. The minimum absolute atomic E-state index is 0.0190. The second-order valence-corrected chi connectivity index (χ2v) is 7.68. The third kappa shape index (κ3) is 4.24. The van der Waals surface area contributed by atoms with E-state index >= 15 is 0 Å². The summed E-state index contributed by atoms with van der Waals surface area (Å²) in [5.41, 5.74) is 2.48. The van der Waals surface area contributed by atoms with Gasteiger partial charge in [-0.25, -0.2) is 19.7 Å². The van der Waals surface area contributed by atoms with Crippen LogP contribution >= 0.6 is 0 Å². The molecule has 0 saturated carbocycles. The number of aromatic hydroxyl groups is 1. The number of benzene rings is 1. The van der Waals surface area contributed by atoms with E-state index in [9.17, 15) is 14.7 Å². The van der Waals surface area contributed by atoms with Gasteiger partial charge in [-0.15, -0.1) is 0 Å². The molecule has 0 bridgehead atoms. The molecule has 0 fully saturated rings. The molecule has 3 rings (SSSR count). The Hall–Kier alpha value is -3.49. The molecule has 3 N–H and O–H groups in total. The van der Waals surface area contributed by atoms with E-state index in [0.29, 0.717) is 16.7 Å². The minimum Gasteiger partial charge on any atom is -0.507 e. The molecule has 30 heavy (non-hydrogen) atoms. The number of phenols is 1. The van der Waals surface area contributed by atoms with Gasteiger partial charge in [-0.3, -0.25) is 4.79 Å². The fraction of sp³-hybridized carbons (Fsp3) is 0.381. The Morgan fingerprint density at radius 2 is 1.80 bits per heavy atom. The average molecular weight is 411 g/mol. The SMILES string of the molecule is CC(OC(=O)c1cc(C(C)C)cc(C(C)C)c1O)C(=O)Nc1ncnc2nc[nH]c12. The number of fused-ring (bicyclic) bond motifs is 1. The second kappa shape index (κ2) is 8.48. The number of phenolic OH excluding ortho intramolecular Hbond substituents is 1. The zero-order valence-corrected chi connectivity index (χ0v) is 17.6. The van der Waals surface area contributed by atoms with Gasteiger partial charge in [0.25, 0.3) is 5.91 Å². The second-order valence-electron chi connectivity index (χ2n) is 7.68. The molecule has 0 radical (unpaired) electrons. The number of anilines is 1. The number of carbonyl (C=O) groups is 2. The molecule has 0 aliphatic carbocycles. The predicted molar refractivity (Wildman–Crippen MR) is 111 cm³/mol. The van der Waals surface area contributed by atoms with Crippen molar-refractivity contribution in [3.8, 4) is 5.75 Å². The van der Waals surface area contributed by atoms with Gasteiger partial charge in [0.05, 0.1) is 6.33 Å². The number of imidazole rings is 1. The van der Waals surface area contributed by atoms with Crippen molar-refractivity contribution in [3.05, 3.63) is 41.5 Å². The van der Waals surface area contributed by atoms with Crippen LogP contribution in [0.2, 0.25) is 0 Å². The lowest BCUT2D eigenvalue weighted by molar-refractivity contribution is -0.123. The fourth-order valence-electron chi connectivity index (χ4n) is 2.96. The summed E-state index contributed by atoms with van der Waals surface area (Å²) in [5.74, 6) is -1.05. The van der Waals surface area contributed by atoms with Gasteiger partial charge in [-0.05, 0) is 36.0 Å². The lowest BCUT2D eigenvalue weighted by Gasteiger charge is -2.18. The number of nitrogens with zero attached hydrogens (tertiary/aromatic N) is 3. The Morgan fingerprint density at radius 1 is 1.07 bits per heavy atom. The lowest BCUT2D eigenvalue weighted by atomic mass is 9.92. The van der Waals surface area contributed by atoms with Crippen LogP contribution in [-0.2, 0) is 9.53 Å². The summed E-state index contributed by atoms with van der Waals surface area (Å²) in [6.45, 7) is 9.31. The van der Waals surface area contributed by atoms with Crippen molar-refractivity contribution in [3.63, 3.8) is 0 Å². The predicted octanol–water partition coefficient (Wildman–Crippen LogP) is 3.49. The largest absolute Gasteiger partial charge is 0.507 e. The molecular formula is C21H25N5O4. The number of esters is 1. The number of H-pyrrole nitrogens is 1. The van der Waals surface area contributed by atoms with Crippen LogP contribution in [0.15, 0.2) is 24.8 Å². The molecule has 0 aliphatic rings. The molecule has 2 aromatic heterocycles. The number of rotatable bonds is 6. The molecule has 0 saturated heterocycles. The van der Waals surface area contributed by atoms with Crippen molar-refractivity contribution in [2.45, 2.75) is 52.6 Å². The van der Waals surface area contributed by atoms with Gasteiger partial charge in [-0.1, -0.05) is 33.8 Å². The van der Waals surface area contributed by atoms with E-state index in [0.717, 1.165) is 5.56 Å². The first kappa shape index (κ1) is 21.2. The first-order chi connectivity index (χ1) is 14.2. The Bertz CT molecular complexity index is 1090. The molecule has 9 heteroatoms. The summed E-state index contributed by atoms with van der Waals surface area (Å²) in [7, 11) is 0. The van der Waals surface area contributed by atoms with E-state index in [1.807, 2.05) is 33.8 Å². The van der Waals surface area contributed by atoms with Crippen molar-refractivity contribution in [2.75, 3.05) is 5.32 Å². The monoisotopic (exact) mass is 411 g/mol. The van der Waals surface area contributed by atoms with Crippen LogP contribution in [0.3, 0.4) is 0 Å². The van der Waals surface area contributed by atoms with Crippen LogP contribution in [0.25, 0.3) is 11.2 Å². The molecule has 1 amide bonds. The maximum absolute atomic E-state index is 12.7. The maximum atomic E-state index is 12.7. The van der Waals surface area contributed by atoms with Crippen molar-refractivity contribution in [1.29, 1.82) is 0 Å². The Morgan fingerprint density at radius 3 is 2.47 bits per heavy atom. The van der Waals surface area contributed by atoms with Crippen LogP contribution in [0.4, 0.5) is 5.82 Å². The molecule has 0 spiro atoms. The topological polar surface area (TPSA) is 130 Å². The van der Waals surface area contributed by atoms with E-state index < -0.39 is 18.0 Å². The normalized spacial score (nSPS) is 12.4. The fourth-order valence-corrected chi connectivity index (χ4v) is 2.96. The van der Waals surface area contributed by atoms with Gasteiger partial charge in [0.2, 0.25) is 0 Å². The Balaban J connectivity index is 1.79. The van der Waals surface area contributed by atoms with E-state index in [4.69, 9.17) is 4.74 Å². The van der Waals surface area contributed by atoms with Crippen LogP contribution < -0.4 is 5.32 Å². The average Bonchev–Trinajstić information content (AvgIpc) is 3.17. The first-order valence-corrected chi connectivity index (χ1v) is 9.71. The number of amides is 1. The highest BCUT2D eigenvalue weighted by molar-refractivity contribution is 6.01. The molecule has 1 aromatic carbocycles. The zero-order valence-electron chi connectivity index (χ0n) is 17.6. The molecule has 158 valence electrons. The van der Waals surface area contributed by atoms with Crippen molar-refractivity contribution < 1.29 is 19.4 Å². The lowest BCUT2D eigenvalue weighted by Crippen LogP contribution is -2.30. The zero-order chi connectivity index (χ0) is 22.0. The third-order valence-corrected chi connectivity index (χ3v) is 4.79. The standard InChI is InChI=1S/C21H25N5O4/c1-10(2)13-6-14(11(3)4)17(27)15(7-13)21(29)30-12(5)20(28)26-19-16-18(23-8-22-16)24-9-25-19/h6-12,27H,1-5H3,(H2,22,23,24,25,26,28). The summed E-state index contributed by atoms with van der Waals surface area (Å²) >= 11 is 0. The summed E-state index contributed by atoms with van der Waals surface area (Å²) < 4.78 is 5.33. The van der Waals surface area contributed by atoms with Gasteiger partial charge in [0.1, 0.15) is 23.2 Å². The van der Waals surface area contributed by atoms with Gasteiger partial charge < -0.3 is 20.1 Å². The van der Waals surface area contributed by atoms with E-state index in [1.54, 1.807) is 6.07 Å². The van der Waals surface area contributed by atoms with Gasteiger partial charge in [-0.2, -0.15) is 0 Å². The first-order valence-electron chi connectivity index (χ1n) is 9.71. The third-order valence-electron chi connectivity index (χ3n) is 4.79. The molecule has 2 heterocycles. The highest BCUT2D eigenvalue weighted by Gasteiger charge is 2.25. The minimum atomic E-state index is -1.12. The molecule has 1 atom stereocenters. The van der Waals surface area contributed by atoms with Crippen LogP contribution in [0.5, 0.6) is 5.75 Å². The number of hydrogen-bond acceptors (Lipinski definition) is 7. The van der Waals surface area contributed by atoms with E-state index in [-0.39, 0.29) is 29.0 Å². The summed E-state index contributed by atoms with van der Waals surface area (Å²) in [5, 5.41) is 13.2. The summed E-state index contributed by atoms with van der Waals surface area (Å²) in [6.07, 6.45) is 1.60.